The van der Waals surface area contributed by atoms with Gasteiger partial charge >= 0.3 is 7.12 Å². The van der Waals surface area contributed by atoms with Crippen LogP contribution >= 0.6 is 15.9 Å². The Hall–Kier alpha value is -2.34. The van der Waals surface area contributed by atoms with Crippen molar-refractivity contribution >= 4 is 71.1 Å². The van der Waals surface area contributed by atoms with Crippen molar-refractivity contribution in [3.8, 4) is 0 Å². The molecule has 0 atom stereocenters. The maximum Gasteiger partial charge on any atom is 0.496 e. The Bertz CT molecular complexity index is 1720. The van der Waals surface area contributed by atoms with E-state index in [0.717, 1.165) is 67.2 Å². The van der Waals surface area contributed by atoms with Crippen molar-refractivity contribution in [1.29, 1.82) is 0 Å². The summed E-state index contributed by atoms with van der Waals surface area (Å²) in [6, 6.07) is 3.51. The molecule has 0 aromatic carbocycles. The normalized spacial score (nSPS) is 20.3. The van der Waals surface area contributed by atoms with Gasteiger partial charge in [-0.25, -0.2) is 16.8 Å². The van der Waals surface area contributed by atoms with Gasteiger partial charge in [-0.1, -0.05) is 12.2 Å². The van der Waals surface area contributed by atoms with E-state index in [9.17, 15) is 16.8 Å². The fraction of sp³-hybridized carbons (Fsp3) is 0.533. The predicted octanol–water partition coefficient (Wildman–Crippen LogP) is 3.41. The van der Waals surface area contributed by atoms with Gasteiger partial charge in [-0.3, -0.25) is 19.4 Å². The lowest BCUT2D eigenvalue weighted by atomic mass is 9.79. The molecule has 2 aromatic heterocycles. The van der Waals surface area contributed by atoms with Gasteiger partial charge in [0.2, 0.25) is 20.0 Å². The number of hydrogen-bond acceptors (Lipinski definition) is 10. The lowest BCUT2D eigenvalue weighted by Crippen LogP contribution is -2.41. The number of rotatable bonds is 7. The van der Waals surface area contributed by atoms with Crippen LogP contribution in [0.1, 0.15) is 51.9 Å². The molecule has 2 N–H and O–H groups in total. The molecule has 0 bridgehead atoms. The third kappa shape index (κ3) is 9.61. The number of likely N-dealkylation sites (N-methyl/N-ethyl adjacent to an activating group) is 2. The van der Waals surface area contributed by atoms with E-state index < -0.39 is 38.4 Å². The number of sulfonamides is 2. The number of anilines is 2. The van der Waals surface area contributed by atoms with Crippen molar-refractivity contribution in [1.82, 2.24) is 19.8 Å². The molecule has 46 heavy (non-hydrogen) atoms. The van der Waals surface area contributed by atoms with E-state index in [-0.39, 0.29) is 0 Å². The summed E-state index contributed by atoms with van der Waals surface area (Å²) in [5.41, 5.74) is 4.21. The third-order valence-electron chi connectivity index (χ3n) is 8.31. The van der Waals surface area contributed by atoms with Crippen LogP contribution in [0.25, 0.3) is 11.1 Å². The Labute approximate surface area is 282 Å². The lowest BCUT2D eigenvalue weighted by molar-refractivity contribution is 0.00578. The molecule has 3 aliphatic heterocycles. The van der Waals surface area contributed by atoms with E-state index in [0.29, 0.717) is 28.2 Å². The number of hydrogen-bond donors (Lipinski definition) is 2. The third-order valence-corrected chi connectivity index (χ3v) is 9.93. The lowest BCUT2D eigenvalue weighted by Gasteiger charge is -2.32. The van der Waals surface area contributed by atoms with Crippen LogP contribution in [-0.2, 0) is 29.4 Å². The summed E-state index contributed by atoms with van der Waals surface area (Å²) in [5, 5.41) is 0. The smallest absolute Gasteiger partial charge is 0.399 e. The molecule has 5 heterocycles. The standard InChI is InChI=1S/C18H28BN3O4S.C12H16BrN3O2S/c1-17(2)18(3,4)26-19(25-17)14-11-15(21-27(6,23)24)16(20-12-14)13-7-9-22(5)10-8-13;1-16-5-3-9(4-6-16)12-11(15-19(2,17)18)7-10(13)8-14-12/h7,11-12,21H,8-10H2,1-6H3;3,7-8,15H,4-6H2,1-2H3. The van der Waals surface area contributed by atoms with E-state index in [4.69, 9.17) is 9.31 Å². The van der Waals surface area contributed by atoms with Crippen molar-refractivity contribution < 1.29 is 26.1 Å². The molecule has 16 heteroatoms. The van der Waals surface area contributed by atoms with Gasteiger partial charge in [0.1, 0.15) is 0 Å². The molecule has 0 unspecified atom stereocenters. The molecule has 0 amide bonds. The zero-order valence-corrected chi connectivity index (χ0v) is 30.9. The summed E-state index contributed by atoms with van der Waals surface area (Å²) < 4.78 is 64.7. The van der Waals surface area contributed by atoms with Gasteiger partial charge < -0.3 is 19.1 Å². The zero-order chi connectivity index (χ0) is 34.1. The van der Waals surface area contributed by atoms with Gasteiger partial charge in [-0.15, -0.1) is 0 Å². The highest BCUT2D eigenvalue weighted by Gasteiger charge is 2.52. The zero-order valence-electron chi connectivity index (χ0n) is 27.7. The molecule has 2 aromatic rings. The van der Waals surface area contributed by atoms with Crippen LogP contribution in [0, 0.1) is 0 Å². The molecule has 0 spiro atoms. The SMILES string of the molecule is CN1CC=C(c2ncc(B3OC(C)(C)C(C)(C)O3)cc2NS(C)(=O)=O)CC1.CN1CC=C(c2ncc(Br)cc2NS(C)(=O)=O)CC1. The minimum absolute atomic E-state index is 0.459. The Kier molecular flexibility index (Phi) is 11.1. The van der Waals surface area contributed by atoms with Gasteiger partial charge in [0.05, 0.1) is 46.5 Å². The quantitative estimate of drug-likeness (QED) is 0.406. The molecule has 5 rings (SSSR count). The van der Waals surface area contributed by atoms with Crippen LogP contribution in [0.2, 0.25) is 0 Å². The van der Waals surface area contributed by atoms with E-state index in [1.54, 1.807) is 24.5 Å². The van der Waals surface area contributed by atoms with E-state index in [2.05, 4.69) is 71.4 Å². The van der Waals surface area contributed by atoms with Crippen LogP contribution in [0.3, 0.4) is 0 Å². The van der Waals surface area contributed by atoms with Crippen LogP contribution < -0.4 is 14.9 Å². The highest BCUT2D eigenvalue weighted by atomic mass is 79.9. The number of halogens is 1. The fourth-order valence-corrected chi connectivity index (χ4v) is 6.51. The molecule has 1 saturated heterocycles. The molecule has 12 nitrogen and oxygen atoms in total. The summed E-state index contributed by atoms with van der Waals surface area (Å²) >= 11 is 3.31. The van der Waals surface area contributed by atoms with Crippen molar-refractivity contribution in [3.63, 3.8) is 0 Å². The first kappa shape index (κ1) is 36.5. The molecule has 0 saturated carbocycles. The van der Waals surface area contributed by atoms with Crippen LogP contribution in [0.5, 0.6) is 0 Å². The van der Waals surface area contributed by atoms with Gasteiger partial charge in [0.15, 0.2) is 0 Å². The maximum atomic E-state index is 11.9. The molecule has 252 valence electrons. The number of aromatic nitrogens is 2. The first-order chi connectivity index (χ1) is 21.2. The monoisotopic (exact) mass is 738 g/mol. The van der Waals surface area contributed by atoms with Crippen LogP contribution in [-0.4, -0.2) is 108 Å². The first-order valence-corrected chi connectivity index (χ1v) is 19.5. The first-order valence-electron chi connectivity index (χ1n) is 15.0. The van der Waals surface area contributed by atoms with Crippen LogP contribution in [0.4, 0.5) is 11.4 Å². The molecule has 3 aliphatic rings. The average Bonchev–Trinajstić information content (AvgIpc) is 3.15. The molecule has 0 radical (unpaired) electrons. The van der Waals surface area contributed by atoms with Crippen molar-refractivity contribution in [3.05, 3.63) is 52.5 Å². The largest absolute Gasteiger partial charge is 0.496 e. The van der Waals surface area contributed by atoms with Crippen molar-refractivity contribution in [2.45, 2.75) is 51.7 Å². The summed E-state index contributed by atoms with van der Waals surface area (Å²) in [6.07, 6.45) is 11.5. The maximum absolute atomic E-state index is 11.9. The summed E-state index contributed by atoms with van der Waals surface area (Å²) in [6.45, 7) is 11.4. The average molecular weight is 740 g/mol. The molecular formula is C30H44BBrN6O6S2. The van der Waals surface area contributed by atoms with Gasteiger partial charge in [0.25, 0.3) is 0 Å². The van der Waals surface area contributed by atoms with E-state index in [1.807, 2.05) is 27.7 Å². The topological polar surface area (TPSA) is 143 Å². The second-order valence-corrected chi connectivity index (χ2v) is 17.4. The minimum Gasteiger partial charge on any atom is -0.399 e. The number of nitrogens with zero attached hydrogens (tertiary/aromatic N) is 4. The minimum atomic E-state index is -3.44. The molecule has 1 fully saturated rings. The Morgan fingerprint density at radius 3 is 1.63 bits per heavy atom. The summed E-state index contributed by atoms with van der Waals surface area (Å²) in [7, 11) is -3.25. The highest BCUT2D eigenvalue weighted by molar-refractivity contribution is 9.10. The number of nitrogens with one attached hydrogen (secondary N) is 2. The Morgan fingerprint density at radius 1 is 0.783 bits per heavy atom. The van der Waals surface area contributed by atoms with Gasteiger partial charge in [-0.05, 0) is 93.8 Å². The molecular weight excluding hydrogens is 695 g/mol. The van der Waals surface area contributed by atoms with Crippen molar-refractivity contribution in [2.75, 3.05) is 62.2 Å². The fourth-order valence-electron chi connectivity index (χ4n) is 5.07. The number of pyridine rings is 2. The highest BCUT2D eigenvalue weighted by Crippen LogP contribution is 2.37. The van der Waals surface area contributed by atoms with Gasteiger partial charge in [-0.2, -0.15) is 0 Å². The summed E-state index contributed by atoms with van der Waals surface area (Å²) in [4.78, 5) is 13.3. The predicted molar refractivity (Wildman–Crippen MR) is 189 cm³/mol. The second kappa shape index (κ2) is 14.0. The molecule has 0 aliphatic carbocycles. The Balaban J connectivity index is 0.000000222. The van der Waals surface area contributed by atoms with Gasteiger partial charge in [0, 0.05) is 48.5 Å². The Morgan fingerprint density at radius 2 is 1.22 bits per heavy atom. The van der Waals surface area contributed by atoms with E-state index in [1.165, 1.54) is 0 Å². The van der Waals surface area contributed by atoms with Crippen molar-refractivity contribution in [2.24, 2.45) is 0 Å². The van der Waals surface area contributed by atoms with E-state index >= 15 is 0 Å². The summed E-state index contributed by atoms with van der Waals surface area (Å²) in [5.74, 6) is 0. The van der Waals surface area contributed by atoms with Crippen LogP contribution in [0.15, 0.2) is 41.2 Å². The second-order valence-electron chi connectivity index (χ2n) is 13.0.